The third-order valence-corrected chi connectivity index (χ3v) is 3.91. The van der Waals surface area contributed by atoms with E-state index in [4.69, 9.17) is 0 Å². The minimum Gasteiger partial charge on any atom is -0.388 e. The maximum absolute atomic E-state index is 10.4. The predicted molar refractivity (Wildman–Crippen MR) is 78.7 cm³/mol. The van der Waals surface area contributed by atoms with Gasteiger partial charge in [0, 0.05) is 10.9 Å². The molecule has 0 aliphatic rings. The van der Waals surface area contributed by atoms with Gasteiger partial charge in [0.2, 0.25) is 0 Å². The molecular formula is C16H17BrO. The zero-order chi connectivity index (χ0) is 13.1. The molecule has 0 amide bonds. The van der Waals surface area contributed by atoms with Crippen molar-refractivity contribution in [1.82, 2.24) is 0 Å². The molecule has 1 unspecified atom stereocenters. The molecule has 2 rings (SSSR count). The number of hydrogen-bond donors (Lipinski definition) is 1. The van der Waals surface area contributed by atoms with Crippen molar-refractivity contribution >= 4 is 15.9 Å². The molecule has 18 heavy (non-hydrogen) atoms. The largest absolute Gasteiger partial charge is 0.388 e. The molecule has 0 aromatic heterocycles. The van der Waals surface area contributed by atoms with Crippen LogP contribution >= 0.6 is 15.9 Å². The van der Waals surface area contributed by atoms with Gasteiger partial charge in [-0.3, -0.25) is 0 Å². The van der Waals surface area contributed by atoms with Crippen molar-refractivity contribution in [2.24, 2.45) is 0 Å². The average molecular weight is 305 g/mol. The van der Waals surface area contributed by atoms with Crippen molar-refractivity contribution in [2.75, 3.05) is 0 Å². The van der Waals surface area contributed by atoms with Crippen LogP contribution in [-0.4, -0.2) is 5.11 Å². The Labute approximate surface area is 117 Å². The van der Waals surface area contributed by atoms with Crippen LogP contribution in [0.1, 0.15) is 28.4 Å². The lowest BCUT2D eigenvalue weighted by Gasteiger charge is -2.15. The molecule has 0 aliphatic carbocycles. The average Bonchev–Trinajstić information content (AvgIpc) is 2.35. The fraction of sp³-hybridized carbons (Fsp3) is 0.250. The number of aryl methyl sites for hydroxylation is 2. The second-order valence-electron chi connectivity index (χ2n) is 4.67. The lowest BCUT2D eigenvalue weighted by atomic mass is 9.97. The molecule has 1 atom stereocenters. The Balaban J connectivity index is 2.25. The van der Waals surface area contributed by atoms with Crippen LogP contribution in [0.2, 0.25) is 0 Å². The first-order valence-electron chi connectivity index (χ1n) is 6.06. The van der Waals surface area contributed by atoms with Crippen molar-refractivity contribution in [3.05, 3.63) is 69.2 Å². The summed E-state index contributed by atoms with van der Waals surface area (Å²) in [5.74, 6) is 0. The number of aliphatic hydroxyl groups excluding tert-OH is 1. The molecule has 0 bridgehead atoms. The van der Waals surface area contributed by atoms with Crippen LogP contribution in [0.5, 0.6) is 0 Å². The summed E-state index contributed by atoms with van der Waals surface area (Å²) >= 11 is 3.50. The summed E-state index contributed by atoms with van der Waals surface area (Å²) in [5.41, 5.74) is 4.54. The second-order valence-corrected chi connectivity index (χ2v) is 5.53. The Morgan fingerprint density at radius 1 is 1.11 bits per heavy atom. The Kier molecular flexibility index (Phi) is 4.20. The molecule has 2 heteroatoms. The summed E-state index contributed by atoms with van der Waals surface area (Å²) in [6.07, 6.45) is 0.176. The summed E-state index contributed by atoms with van der Waals surface area (Å²) in [5, 5.41) is 10.4. The first-order chi connectivity index (χ1) is 8.58. The Morgan fingerprint density at radius 2 is 1.83 bits per heavy atom. The molecule has 1 N–H and O–H groups in total. The molecule has 0 aliphatic heterocycles. The number of aliphatic hydroxyl groups is 1. The molecule has 0 fully saturated rings. The van der Waals surface area contributed by atoms with Gasteiger partial charge >= 0.3 is 0 Å². The quantitative estimate of drug-likeness (QED) is 0.894. The minimum absolute atomic E-state index is 0.472. The third-order valence-electron chi connectivity index (χ3n) is 3.19. The summed E-state index contributed by atoms with van der Waals surface area (Å²) in [4.78, 5) is 0. The van der Waals surface area contributed by atoms with E-state index in [0.29, 0.717) is 6.42 Å². The minimum atomic E-state index is -0.472. The second kappa shape index (κ2) is 5.68. The summed E-state index contributed by atoms with van der Waals surface area (Å²) < 4.78 is 0.967. The fourth-order valence-corrected chi connectivity index (χ4v) is 2.59. The van der Waals surface area contributed by atoms with Gasteiger partial charge in [-0.1, -0.05) is 57.9 Å². The molecule has 2 aromatic rings. The van der Waals surface area contributed by atoms with E-state index in [0.717, 1.165) is 15.6 Å². The molecular weight excluding hydrogens is 288 g/mol. The van der Waals surface area contributed by atoms with E-state index in [1.807, 2.05) is 37.3 Å². The van der Waals surface area contributed by atoms with Crippen LogP contribution in [0, 0.1) is 13.8 Å². The zero-order valence-corrected chi connectivity index (χ0v) is 12.2. The summed E-state index contributed by atoms with van der Waals surface area (Å²) in [6, 6.07) is 14.2. The van der Waals surface area contributed by atoms with Crippen LogP contribution < -0.4 is 0 Å². The zero-order valence-electron chi connectivity index (χ0n) is 10.7. The smallest absolute Gasteiger partial charge is 0.0841 e. The Morgan fingerprint density at radius 3 is 2.56 bits per heavy atom. The highest BCUT2D eigenvalue weighted by Crippen LogP contribution is 2.27. The number of rotatable bonds is 3. The molecule has 0 heterocycles. The highest BCUT2D eigenvalue weighted by Gasteiger charge is 2.13. The lowest BCUT2D eigenvalue weighted by Crippen LogP contribution is -2.04. The van der Waals surface area contributed by atoms with Gasteiger partial charge in [0.15, 0.2) is 0 Å². The van der Waals surface area contributed by atoms with E-state index >= 15 is 0 Å². The number of halogens is 1. The number of benzene rings is 2. The van der Waals surface area contributed by atoms with Gasteiger partial charge in [0.1, 0.15) is 0 Å². The van der Waals surface area contributed by atoms with Crippen molar-refractivity contribution in [1.29, 1.82) is 0 Å². The topological polar surface area (TPSA) is 20.2 Å². The third kappa shape index (κ3) is 3.01. The lowest BCUT2D eigenvalue weighted by molar-refractivity contribution is 0.177. The molecule has 0 spiro atoms. The molecule has 0 saturated carbocycles. The monoisotopic (exact) mass is 304 g/mol. The molecule has 0 radical (unpaired) electrons. The van der Waals surface area contributed by atoms with E-state index < -0.39 is 6.10 Å². The maximum Gasteiger partial charge on any atom is 0.0841 e. The van der Waals surface area contributed by atoms with Gasteiger partial charge in [-0.15, -0.1) is 0 Å². The van der Waals surface area contributed by atoms with E-state index in [9.17, 15) is 5.11 Å². The van der Waals surface area contributed by atoms with Gasteiger partial charge in [-0.05, 0) is 36.6 Å². The number of hydrogen-bond acceptors (Lipinski definition) is 1. The highest BCUT2D eigenvalue weighted by atomic mass is 79.9. The molecule has 2 aromatic carbocycles. The van der Waals surface area contributed by atoms with Gasteiger partial charge < -0.3 is 5.11 Å². The maximum atomic E-state index is 10.4. The Bertz CT molecular complexity index is 549. The first kappa shape index (κ1) is 13.3. The van der Waals surface area contributed by atoms with E-state index in [-0.39, 0.29) is 0 Å². The SMILES string of the molecule is Cc1ccc(Br)c(C(O)Cc2ccccc2C)c1. The Hall–Kier alpha value is -1.12. The fourth-order valence-electron chi connectivity index (χ4n) is 2.08. The van der Waals surface area contributed by atoms with Gasteiger partial charge in [-0.25, -0.2) is 0 Å². The molecule has 1 nitrogen and oxygen atoms in total. The van der Waals surface area contributed by atoms with Crippen LogP contribution in [0.4, 0.5) is 0 Å². The van der Waals surface area contributed by atoms with E-state index in [1.54, 1.807) is 0 Å². The van der Waals surface area contributed by atoms with Gasteiger partial charge in [0.25, 0.3) is 0 Å². The van der Waals surface area contributed by atoms with Crippen LogP contribution in [0.25, 0.3) is 0 Å². The van der Waals surface area contributed by atoms with Gasteiger partial charge in [-0.2, -0.15) is 0 Å². The normalized spacial score (nSPS) is 12.4. The summed E-state index contributed by atoms with van der Waals surface area (Å²) in [6.45, 7) is 4.11. The predicted octanol–water partition coefficient (Wildman–Crippen LogP) is 4.34. The van der Waals surface area contributed by atoms with E-state index in [2.05, 4.69) is 35.0 Å². The standard InChI is InChI=1S/C16H17BrO/c1-11-7-8-15(17)14(9-11)16(18)10-13-6-4-3-5-12(13)2/h3-9,16,18H,10H2,1-2H3. The van der Waals surface area contributed by atoms with Crippen molar-refractivity contribution in [2.45, 2.75) is 26.4 Å². The highest BCUT2D eigenvalue weighted by molar-refractivity contribution is 9.10. The molecule has 94 valence electrons. The summed E-state index contributed by atoms with van der Waals surface area (Å²) in [7, 11) is 0. The van der Waals surface area contributed by atoms with Crippen molar-refractivity contribution in [3.63, 3.8) is 0 Å². The van der Waals surface area contributed by atoms with Crippen LogP contribution in [0.3, 0.4) is 0 Å². The van der Waals surface area contributed by atoms with Crippen LogP contribution in [0.15, 0.2) is 46.9 Å². The first-order valence-corrected chi connectivity index (χ1v) is 6.86. The van der Waals surface area contributed by atoms with Crippen LogP contribution in [-0.2, 0) is 6.42 Å². The van der Waals surface area contributed by atoms with Crippen molar-refractivity contribution in [3.8, 4) is 0 Å². The van der Waals surface area contributed by atoms with E-state index in [1.165, 1.54) is 11.1 Å². The van der Waals surface area contributed by atoms with Crippen molar-refractivity contribution < 1.29 is 5.11 Å². The van der Waals surface area contributed by atoms with Gasteiger partial charge in [0.05, 0.1) is 6.10 Å². The molecule has 0 saturated heterocycles.